The first-order chi connectivity index (χ1) is 7.88. The second kappa shape index (κ2) is 5.93. The van der Waals surface area contributed by atoms with E-state index in [-0.39, 0.29) is 5.54 Å². The van der Waals surface area contributed by atoms with Crippen LogP contribution >= 0.6 is 0 Å². The average molecular weight is 236 g/mol. The molecule has 94 valence electrons. The normalized spacial score (nSPS) is 14.2. The Kier molecular flexibility index (Phi) is 4.84. The first kappa shape index (κ1) is 13.9. The van der Waals surface area contributed by atoms with E-state index in [4.69, 9.17) is 5.21 Å². The second-order valence-electron chi connectivity index (χ2n) is 4.96. The molecule has 1 unspecified atom stereocenters. The van der Waals surface area contributed by atoms with Gasteiger partial charge in [0.05, 0.1) is 0 Å². The minimum Gasteiger partial charge on any atom is -0.595 e. The van der Waals surface area contributed by atoms with Gasteiger partial charge in [0.25, 0.3) is 0 Å². The van der Waals surface area contributed by atoms with Crippen LogP contribution in [0.2, 0.25) is 0 Å². The van der Waals surface area contributed by atoms with E-state index in [0.717, 1.165) is 12.1 Å². The van der Waals surface area contributed by atoms with Gasteiger partial charge >= 0.3 is 0 Å². The van der Waals surface area contributed by atoms with Gasteiger partial charge in [-0.25, -0.2) is 5.21 Å². The summed E-state index contributed by atoms with van der Waals surface area (Å²) in [5, 5.41) is 21.9. The molecule has 0 amide bonds. The average Bonchev–Trinajstić information content (AvgIpc) is 2.24. The van der Waals surface area contributed by atoms with Crippen LogP contribution in [0.25, 0.3) is 6.08 Å². The van der Waals surface area contributed by atoms with Crippen molar-refractivity contribution in [1.29, 1.82) is 0 Å². The molecule has 1 rings (SSSR count). The quantitative estimate of drug-likeness (QED) is 0.694. The highest BCUT2D eigenvalue weighted by molar-refractivity contribution is 5.51. The van der Waals surface area contributed by atoms with E-state index in [1.165, 1.54) is 0 Å². The Morgan fingerprint density at radius 2 is 1.88 bits per heavy atom. The first-order valence-electron chi connectivity index (χ1n) is 5.63. The Morgan fingerprint density at radius 1 is 1.29 bits per heavy atom. The van der Waals surface area contributed by atoms with Crippen molar-refractivity contribution in [2.45, 2.75) is 26.3 Å². The molecule has 0 saturated carbocycles. The molecule has 0 aliphatic carbocycles. The molecule has 3 N–H and O–H groups in total. The Morgan fingerprint density at radius 3 is 2.35 bits per heavy atom. The predicted octanol–water partition coefficient (Wildman–Crippen LogP) is 1.49. The molecule has 0 bridgehead atoms. The van der Waals surface area contributed by atoms with E-state index in [0.29, 0.717) is 5.69 Å². The molecular formula is C13H20N2O2. The standard InChI is InChI=1S/C13H20N2O2/c1-13(2,3)14-10-4-5-11-6-8-12(9-7-11)15(16)17/h4-9,14-16H,10H2,1-3H3/b5-4+. The number of rotatable bonds is 4. The summed E-state index contributed by atoms with van der Waals surface area (Å²) < 4.78 is 0. The highest BCUT2D eigenvalue weighted by atomic mass is 16.8. The van der Waals surface area contributed by atoms with Gasteiger partial charge in [-0.2, -0.15) is 5.23 Å². The lowest BCUT2D eigenvalue weighted by molar-refractivity contribution is -0.991. The lowest BCUT2D eigenvalue weighted by Crippen LogP contribution is -2.99. The molecule has 0 aromatic heterocycles. The van der Waals surface area contributed by atoms with Gasteiger partial charge in [-0.05, 0) is 38.5 Å². The predicted molar refractivity (Wildman–Crippen MR) is 69.0 cm³/mol. The third-order valence-corrected chi connectivity index (χ3v) is 2.22. The third-order valence-electron chi connectivity index (χ3n) is 2.22. The molecule has 17 heavy (non-hydrogen) atoms. The maximum absolute atomic E-state index is 10.7. The van der Waals surface area contributed by atoms with Gasteiger partial charge in [0.15, 0.2) is 5.69 Å². The summed E-state index contributed by atoms with van der Waals surface area (Å²) in [4.78, 5) is 0. The second-order valence-corrected chi connectivity index (χ2v) is 4.96. The van der Waals surface area contributed by atoms with Gasteiger partial charge in [-0.3, -0.25) is 0 Å². The fourth-order valence-corrected chi connectivity index (χ4v) is 1.30. The Labute approximate surface area is 102 Å². The van der Waals surface area contributed by atoms with Crippen LogP contribution < -0.4 is 10.5 Å². The van der Waals surface area contributed by atoms with Crippen molar-refractivity contribution in [3.63, 3.8) is 0 Å². The summed E-state index contributed by atoms with van der Waals surface area (Å²) in [5.74, 6) is 0. The van der Waals surface area contributed by atoms with E-state index < -0.39 is 5.23 Å². The van der Waals surface area contributed by atoms with Crippen LogP contribution in [0.1, 0.15) is 26.3 Å². The summed E-state index contributed by atoms with van der Waals surface area (Å²) in [7, 11) is 0. The Balaban J connectivity index is 2.49. The van der Waals surface area contributed by atoms with Crippen molar-refractivity contribution >= 4 is 11.8 Å². The van der Waals surface area contributed by atoms with Gasteiger partial charge in [0.1, 0.15) is 0 Å². The van der Waals surface area contributed by atoms with Crippen molar-refractivity contribution in [3.8, 4) is 0 Å². The molecule has 0 radical (unpaired) electrons. The van der Waals surface area contributed by atoms with Crippen LogP contribution in [0.15, 0.2) is 30.3 Å². The highest BCUT2D eigenvalue weighted by Crippen LogP contribution is 2.07. The van der Waals surface area contributed by atoms with Crippen LogP contribution in [0.3, 0.4) is 0 Å². The molecule has 1 aromatic carbocycles. The maximum atomic E-state index is 10.7. The molecule has 0 saturated heterocycles. The minimum absolute atomic E-state index is 0.109. The molecule has 1 atom stereocenters. The van der Waals surface area contributed by atoms with Gasteiger partial charge in [-0.15, -0.1) is 0 Å². The molecular weight excluding hydrogens is 216 g/mol. The van der Waals surface area contributed by atoms with Crippen molar-refractivity contribution < 1.29 is 10.4 Å². The zero-order chi connectivity index (χ0) is 12.9. The minimum atomic E-state index is -0.894. The van der Waals surface area contributed by atoms with Crippen LogP contribution in [-0.2, 0) is 0 Å². The topological polar surface area (TPSA) is 59.8 Å². The summed E-state index contributed by atoms with van der Waals surface area (Å²) in [6, 6.07) is 6.83. The van der Waals surface area contributed by atoms with Crippen molar-refractivity contribution in [3.05, 3.63) is 41.1 Å². The SMILES string of the molecule is CC(C)(C)NC/C=C/c1ccc([NH+]([O-])O)cc1. The summed E-state index contributed by atoms with van der Waals surface area (Å²) in [6.45, 7) is 7.14. The summed E-state index contributed by atoms with van der Waals surface area (Å²) >= 11 is 0. The number of benzene rings is 1. The fourth-order valence-electron chi connectivity index (χ4n) is 1.30. The highest BCUT2D eigenvalue weighted by Gasteiger charge is 2.05. The van der Waals surface area contributed by atoms with E-state index >= 15 is 0 Å². The van der Waals surface area contributed by atoms with Crippen molar-refractivity contribution in [2.24, 2.45) is 0 Å². The Bertz CT molecular complexity index is 364. The molecule has 1 aromatic rings. The van der Waals surface area contributed by atoms with Crippen LogP contribution in [0.4, 0.5) is 5.69 Å². The van der Waals surface area contributed by atoms with Gasteiger partial charge in [0.2, 0.25) is 0 Å². The zero-order valence-electron chi connectivity index (χ0n) is 10.5. The van der Waals surface area contributed by atoms with E-state index in [1.807, 2.05) is 12.2 Å². The van der Waals surface area contributed by atoms with Crippen LogP contribution in [-0.4, -0.2) is 17.3 Å². The van der Waals surface area contributed by atoms with Crippen molar-refractivity contribution in [1.82, 2.24) is 5.32 Å². The summed E-state index contributed by atoms with van der Waals surface area (Å²) in [5.41, 5.74) is 1.43. The maximum Gasteiger partial charge on any atom is 0.163 e. The third kappa shape index (κ3) is 5.60. The van der Waals surface area contributed by atoms with E-state index in [1.54, 1.807) is 24.3 Å². The fraction of sp³-hybridized carbons (Fsp3) is 0.385. The number of nitrogens with one attached hydrogen (secondary N) is 2. The van der Waals surface area contributed by atoms with Gasteiger partial charge in [0, 0.05) is 24.2 Å². The lowest BCUT2D eigenvalue weighted by Gasteiger charge is -2.18. The number of quaternary nitrogens is 1. The van der Waals surface area contributed by atoms with Gasteiger partial charge < -0.3 is 10.5 Å². The first-order valence-corrected chi connectivity index (χ1v) is 5.63. The Hall–Kier alpha value is -1.20. The zero-order valence-corrected chi connectivity index (χ0v) is 10.5. The lowest BCUT2D eigenvalue weighted by atomic mass is 10.1. The van der Waals surface area contributed by atoms with E-state index in [9.17, 15) is 5.21 Å². The van der Waals surface area contributed by atoms with Crippen molar-refractivity contribution in [2.75, 3.05) is 6.54 Å². The molecule has 4 nitrogen and oxygen atoms in total. The molecule has 0 fully saturated rings. The van der Waals surface area contributed by atoms with Crippen LogP contribution in [0, 0.1) is 5.21 Å². The van der Waals surface area contributed by atoms with E-state index in [2.05, 4.69) is 26.1 Å². The number of hydrogen-bond donors (Lipinski definition) is 3. The molecule has 0 heterocycles. The summed E-state index contributed by atoms with van der Waals surface area (Å²) in [6.07, 6.45) is 4.01. The monoisotopic (exact) mass is 236 g/mol. The molecule has 0 spiro atoms. The van der Waals surface area contributed by atoms with Gasteiger partial charge in [-0.1, -0.05) is 12.2 Å². The van der Waals surface area contributed by atoms with Crippen LogP contribution in [0.5, 0.6) is 0 Å². The molecule has 0 aliphatic heterocycles. The smallest absolute Gasteiger partial charge is 0.163 e. The largest absolute Gasteiger partial charge is 0.595 e. The molecule has 4 heteroatoms. The number of hydrogen-bond acceptors (Lipinski definition) is 3. The molecule has 0 aliphatic rings.